The summed E-state index contributed by atoms with van der Waals surface area (Å²) in [6, 6.07) is 2.54. The van der Waals surface area contributed by atoms with Gasteiger partial charge in [-0.25, -0.2) is 0 Å². The van der Waals surface area contributed by atoms with E-state index in [1.807, 2.05) is 0 Å². The Hall–Kier alpha value is 0.137. The highest BCUT2D eigenvalue weighted by atomic mass is 28.3. The van der Waals surface area contributed by atoms with Gasteiger partial charge in [-0.3, -0.25) is 0 Å². The molecule has 0 rings (SSSR count). The first-order valence-corrected chi connectivity index (χ1v) is 7.27. The summed E-state index contributed by atoms with van der Waals surface area (Å²) in [5, 5.41) is 0. The predicted molar refractivity (Wildman–Crippen MR) is 57.0 cm³/mol. The molecule has 0 bridgehead atoms. The lowest BCUT2D eigenvalue weighted by atomic mass is 10.2. The third-order valence-corrected chi connectivity index (χ3v) is 4.64. The highest BCUT2D eigenvalue weighted by Crippen LogP contribution is 2.02. The fourth-order valence-electron chi connectivity index (χ4n) is 1.20. The summed E-state index contributed by atoms with van der Waals surface area (Å²) in [7, 11) is -0.775. The SMILES string of the molecule is CC[SiH](CC)OCCCCCN. The third-order valence-electron chi connectivity index (χ3n) is 2.11. The van der Waals surface area contributed by atoms with Gasteiger partial charge >= 0.3 is 0 Å². The zero-order valence-corrected chi connectivity index (χ0v) is 9.67. The zero-order valence-electron chi connectivity index (χ0n) is 8.51. The first-order chi connectivity index (χ1) is 5.85. The van der Waals surface area contributed by atoms with Crippen LogP contribution in [0.2, 0.25) is 12.1 Å². The van der Waals surface area contributed by atoms with Gasteiger partial charge in [0.05, 0.1) is 0 Å². The second-order valence-corrected chi connectivity index (χ2v) is 6.37. The van der Waals surface area contributed by atoms with Gasteiger partial charge in [0.25, 0.3) is 0 Å². The van der Waals surface area contributed by atoms with E-state index < -0.39 is 9.04 Å². The third kappa shape index (κ3) is 6.82. The summed E-state index contributed by atoms with van der Waals surface area (Å²) in [5.41, 5.74) is 5.39. The van der Waals surface area contributed by atoms with Crippen LogP contribution in [0.3, 0.4) is 0 Å². The van der Waals surface area contributed by atoms with Crippen LogP contribution in [0.4, 0.5) is 0 Å². The molecule has 0 aliphatic carbocycles. The maximum atomic E-state index is 5.79. The highest BCUT2D eigenvalue weighted by Gasteiger charge is 2.04. The Labute approximate surface area is 78.2 Å². The molecule has 0 heterocycles. The van der Waals surface area contributed by atoms with Crippen LogP contribution in [0.15, 0.2) is 0 Å². The van der Waals surface area contributed by atoms with E-state index in [0.717, 1.165) is 19.6 Å². The summed E-state index contributed by atoms with van der Waals surface area (Å²) in [6.07, 6.45) is 3.57. The van der Waals surface area contributed by atoms with E-state index in [2.05, 4.69) is 13.8 Å². The van der Waals surface area contributed by atoms with Gasteiger partial charge in [0.2, 0.25) is 0 Å². The van der Waals surface area contributed by atoms with Crippen LogP contribution in [0.5, 0.6) is 0 Å². The Morgan fingerprint density at radius 1 is 1.08 bits per heavy atom. The van der Waals surface area contributed by atoms with E-state index in [-0.39, 0.29) is 0 Å². The van der Waals surface area contributed by atoms with Crippen molar-refractivity contribution in [2.24, 2.45) is 5.73 Å². The van der Waals surface area contributed by atoms with E-state index in [4.69, 9.17) is 10.2 Å². The molecule has 12 heavy (non-hydrogen) atoms. The van der Waals surface area contributed by atoms with Gasteiger partial charge < -0.3 is 10.2 Å². The summed E-state index contributed by atoms with van der Waals surface area (Å²) in [6.45, 7) is 6.27. The Bertz CT molecular complexity index is 86.6. The molecule has 3 heteroatoms. The molecule has 74 valence electrons. The fraction of sp³-hybridized carbons (Fsp3) is 1.00. The van der Waals surface area contributed by atoms with Gasteiger partial charge in [-0.05, 0) is 37.9 Å². The Morgan fingerprint density at radius 2 is 1.75 bits per heavy atom. The van der Waals surface area contributed by atoms with Gasteiger partial charge in [-0.1, -0.05) is 13.8 Å². The molecule has 0 radical (unpaired) electrons. The van der Waals surface area contributed by atoms with Gasteiger partial charge in [0.15, 0.2) is 9.04 Å². The highest BCUT2D eigenvalue weighted by molar-refractivity contribution is 6.51. The Balaban J connectivity index is 3.06. The van der Waals surface area contributed by atoms with Crippen molar-refractivity contribution in [3.63, 3.8) is 0 Å². The van der Waals surface area contributed by atoms with Crippen molar-refractivity contribution in [1.29, 1.82) is 0 Å². The molecule has 0 aliphatic rings. The molecule has 0 atom stereocenters. The van der Waals surface area contributed by atoms with Crippen LogP contribution in [0, 0.1) is 0 Å². The summed E-state index contributed by atoms with van der Waals surface area (Å²) >= 11 is 0. The summed E-state index contributed by atoms with van der Waals surface area (Å²) in [5.74, 6) is 0. The molecule has 0 saturated heterocycles. The van der Waals surface area contributed by atoms with Gasteiger partial charge in [-0.2, -0.15) is 0 Å². The van der Waals surface area contributed by atoms with Gasteiger partial charge in [-0.15, -0.1) is 0 Å². The zero-order chi connectivity index (χ0) is 9.23. The Morgan fingerprint density at radius 3 is 2.25 bits per heavy atom. The maximum absolute atomic E-state index is 5.79. The van der Waals surface area contributed by atoms with Crippen molar-refractivity contribution in [2.45, 2.75) is 45.2 Å². The number of rotatable bonds is 8. The van der Waals surface area contributed by atoms with Crippen molar-refractivity contribution < 1.29 is 4.43 Å². The quantitative estimate of drug-likeness (QED) is 0.467. The molecular formula is C9H23NOSi. The Kier molecular flexibility index (Phi) is 9.33. The molecule has 0 amide bonds. The molecular weight excluding hydrogens is 166 g/mol. The topological polar surface area (TPSA) is 35.2 Å². The van der Waals surface area contributed by atoms with Crippen LogP contribution in [-0.4, -0.2) is 22.2 Å². The largest absolute Gasteiger partial charge is 0.420 e. The van der Waals surface area contributed by atoms with Crippen LogP contribution < -0.4 is 5.73 Å². The van der Waals surface area contributed by atoms with Gasteiger partial charge in [0.1, 0.15) is 0 Å². The molecule has 0 aliphatic heterocycles. The second-order valence-electron chi connectivity index (χ2n) is 3.16. The molecule has 0 spiro atoms. The second kappa shape index (κ2) is 9.23. The lowest BCUT2D eigenvalue weighted by Gasteiger charge is -2.11. The first-order valence-electron chi connectivity index (χ1n) is 5.16. The smallest absolute Gasteiger partial charge is 0.176 e. The van der Waals surface area contributed by atoms with Crippen molar-refractivity contribution in [1.82, 2.24) is 0 Å². The predicted octanol–water partition coefficient (Wildman–Crippen LogP) is 1.90. The van der Waals surface area contributed by atoms with Crippen LogP contribution in [0.1, 0.15) is 33.1 Å². The molecule has 0 aromatic heterocycles. The number of nitrogens with two attached hydrogens (primary N) is 1. The molecule has 0 aromatic rings. The van der Waals surface area contributed by atoms with E-state index in [1.54, 1.807) is 0 Å². The molecule has 0 unspecified atom stereocenters. The minimum Gasteiger partial charge on any atom is -0.420 e. The molecule has 2 nitrogen and oxygen atoms in total. The van der Waals surface area contributed by atoms with E-state index in [1.165, 1.54) is 24.9 Å². The lowest BCUT2D eigenvalue weighted by molar-refractivity contribution is 0.307. The summed E-state index contributed by atoms with van der Waals surface area (Å²) < 4.78 is 5.79. The standard InChI is InChI=1S/C9H23NOSi/c1-3-12(4-2)11-9-7-5-6-8-10/h12H,3-10H2,1-2H3. The van der Waals surface area contributed by atoms with E-state index in [9.17, 15) is 0 Å². The van der Waals surface area contributed by atoms with E-state index >= 15 is 0 Å². The molecule has 0 aromatic carbocycles. The first kappa shape index (κ1) is 12.1. The fourth-order valence-corrected chi connectivity index (χ4v) is 2.75. The minimum absolute atomic E-state index is 0.775. The molecule has 0 saturated carbocycles. The van der Waals surface area contributed by atoms with Crippen LogP contribution >= 0.6 is 0 Å². The normalized spacial score (nSPS) is 11.0. The average molecular weight is 189 g/mol. The number of unbranched alkanes of at least 4 members (excludes halogenated alkanes) is 2. The van der Waals surface area contributed by atoms with E-state index in [0.29, 0.717) is 0 Å². The maximum Gasteiger partial charge on any atom is 0.176 e. The summed E-state index contributed by atoms with van der Waals surface area (Å²) in [4.78, 5) is 0. The van der Waals surface area contributed by atoms with Crippen molar-refractivity contribution >= 4 is 9.04 Å². The van der Waals surface area contributed by atoms with Crippen LogP contribution in [0.25, 0.3) is 0 Å². The molecule has 0 fully saturated rings. The number of hydrogen-bond acceptors (Lipinski definition) is 2. The minimum atomic E-state index is -0.775. The number of hydrogen-bond donors (Lipinski definition) is 1. The van der Waals surface area contributed by atoms with Crippen LogP contribution in [-0.2, 0) is 4.43 Å². The van der Waals surface area contributed by atoms with Crippen molar-refractivity contribution in [3.05, 3.63) is 0 Å². The van der Waals surface area contributed by atoms with Crippen molar-refractivity contribution in [2.75, 3.05) is 13.2 Å². The monoisotopic (exact) mass is 189 g/mol. The van der Waals surface area contributed by atoms with Crippen molar-refractivity contribution in [3.8, 4) is 0 Å². The lowest BCUT2D eigenvalue weighted by Crippen LogP contribution is -2.15. The van der Waals surface area contributed by atoms with Gasteiger partial charge in [0, 0.05) is 6.61 Å². The average Bonchev–Trinajstić information content (AvgIpc) is 2.11. The molecule has 2 N–H and O–H groups in total.